The Labute approximate surface area is 80.9 Å². The molecule has 80 valence electrons. The highest BCUT2D eigenvalue weighted by molar-refractivity contribution is 5.91. The van der Waals surface area contributed by atoms with Gasteiger partial charge in [-0.2, -0.15) is 10.1 Å². The standard InChI is InChI=1S/C8H12O6/c1-2-3-6-12-14-8(10)5-4-7(9)13-11/h4-5,11H,2-3,6H2,1H3/b5-4-. The van der Waals surface area contributed by atoms with Crippen LogP contribution in [0.1, 0.15) is 19.8 Å². The molecule has 0 aromatic rings. The molecular weight excluding hydrogens is 192 g/mol. The summed E-state index contributed by atoms with van der Waals surface area (Å²) in [5.41, 5.74) is 0. The average molecular weight is 204 g/mol. The van der Waals surface area contributed by atoms with Crippen LogP contribution in [0.5, 0.6) is 0 Å². The van der Waals surface area contributed by atoms with Gasteiger partial charge in [0, 0.05) is 12.2 Å². The Balaban J connectivity index is 3.55. The van der Waals surface area contributed by atoms with E-state index in [1.807, 2.05) is 6.92 Å². The van der Waals surface area contributed by atoms with Crippen molar-refractivity contribution in [1.82, 2.24) is 0 Å². The summed E-state index contributed by atoms with van der Waals surface area (Å²) in [6.07, 6.45) is 3.19. The van der Waals surface area contributed by atoms with E-state index in [2.05, 4.69) is 14.7 Å². The second kappa shape index (κ2) is 8.21. The predicted octanol–water partition coefficient (Wildman–Crippen LogP) is 0.834. The zero-order valence-corrected chi connectivity index (χ0v) is 7.76. The quantitative estimate of drug-likeness (QED) is 0.298. The number of hydrogen-bond acceptors (Lipinski definition) is 6. The molecule has 0 aliphatic heterocycles. The summed E-state index contributed by atoms with van der Waals surface area (Å²) in [4.78, 5) is 33.0. The van der Waals surface area contributed by atoms with Crippen molar-refractivity contribution in [1.29, 1.82) is 0 Å². The van der Waals surface area contributed by atoms with Crippen LogP contribution in [0.15, 0.2) is 12.2 Å². The molecule has 0 saturated carbocycles. The van der Waals surface area contributed by atoms with Gasteiger partial charge in [0.15, 0.2) is 0 Å². The Kier molecular flexibility index (Phi) is 7.39. The van der Waals surface area contributed by atoms with E-state index in [1.54, 1.807) is 0 Å². The van der Waals surface area contributed by atoms with Gasteiger partial charge in [-0.1, -0.05) is 13.3 Å². The van der Waals surface area contributed by atoms with E-state index in [0.717, 1.165) is 18.9 Å². The molecule has 0 aliphatic rings. The molecule has 0 bridgehead atoms. The van der Waals surface area contributed by atoms with E-state index < -0.39 is 11.9 Å². The Hall–Kier alpha value is -1.40. The summed E-state index contributed by atoms with van der Waals surface area (Å²) >= 11 is 0. The van der Waals surface area contributed by atoms with Gasteiger partial charge in [0.25, 0.3) is 0 Å². The Bertz CT molecular complexity index is 210. The largest absolute Gasteiger partial charge is 0.366 e. The molecule has 14 heavy (non-hydrogen) atoms. The zero-order valence-electron chi connectivity index (χ0n) is 7.76. The number of rotatable bonds is 6. The first-order valence-electron chi connectivity index (χ1n) is 4.07. The number of hydrogen-bond donors (Lipinski definition) is 1. The van der Waals surface area contributed by atoms with E-state index in [4.69, 9.17) is 5.26 Å². The van der Waals surface area contributed by atoms with Gasteiger partial charge in [-0.05, 0) is 6.42 Å². The third-order valence-electron chi connectivity index (χ3n) is 1.17. The molecule has 0 heterocycles. The summed E-state index contributed by atoms with van der Waals surface area (Å²) in [6, 6.07) is 0. The van der Waals surface area contributed by atoms with Crippen LogP contribution in [0.3, 0.4) is 0 Å². The normalized spacial score (nSPS) is 10.1. The van der Waals surface area contributed by atoms with Crippen LogP contribution in [0.4, 0.5) is 0 Å². The topological polar surface area (TPSA) is 82.1 Å². The van der Waals surface area contributed by atoms with Gasteiger partial charge in [-0.3, -0.25) is 9.78 Å². The van der Waals surface area contributed by atoms with Crippen molar-refractivity contribution in [2.45, 2.75) is 19.8 Å². The third kappa shape index (κ3) is 7.26. The smallest absolute Gasteiger partial charge is 0.296 e. The summed E-state index contributed by atoms with van der Waals surface area (Å²) in [5, 5.41) is 7.81. The molecule has 1 N–H and O–H groups in total. The molecule has 6 nitrogen and oxygen atoms in total. The molecule has 0 atom stereocenters. The van der Waals surface area contributed by atoms with Crippen LogP contribution in [0.2, 0.25) is 0 Å². The molecule has 0 aromatic heterocycles. The highest BCUT2D eigenvalue weighted by atomic mass is 17.2. The SMILES string of the molecule is CCCCOOC(=O)/C=C\C(=O)OO. The third-order valence-corrected chi connectivity index (χ3v) is 1.17. The molecule has 0 rings (SSSR count). The van der Waals surface area contributed by atoms with Gasteiger partial charge in [-0.15, -0.1) is 0 Å². The Morgan fingerprint density at radius 2 is 1.93 bits per heavy atom. The first-order valence-corrected chi connectivity index (χ1v) is 4.07. The molecule has 0 unspecified atom stereocenters. The lowest BCUT2D eigenvalue weighted by molar-refractivity contribution is -0.267. The van der Waals surface area contributed by atoms with E-state index in [9.17, 15) is 9.59 Å². The lowest BCUT2D eigenvalue weighted by Crippen LogP contribution is -2.04. The minimum atomic E-state index is -1.06. The second-order valence-corrected chi connectivity index (χ2v) is 2.32. The van der Waals surface area contributed by atoms with Crippen molar-refractivity contribution in [3.8, 4) is 0 Å². The van der Waals surface area contributed by atoms with Crippen molar-refractivity contribution in [3.05, 3.63) is 12.2 Å². The van der Waals surface area contributed by atoms with E-state index in [1.165, 1.54) is 0 Å². The molecule has 0 aliphatic carbocycles. The molecule has 6 heteroatoms. The van der Waals surface area contributed by atoms with E-state index >= 15 is 0 Å². The van der Waals surface area contributed by atoms with Crippen LogP contribution >= 0.6 is 0 Å². The zero-order chi connectivity index (χ0) is 10.8. The van der Waals surface area contributed by atoms with Gasteiger partial charge < -0.3 is 0 Å². The second-order valence-electron chi connectivity index (χ2n) is 2.32. The summed E-state index contributed by atoms with van der Waals surface area (Å²) < 4.78 is 0. The van der Waals surface area contributed by atoms with Gasteiger partial charge >= 0.3 is 11.9 Å². The minimum absolute atomic E-state index is 0.306. The molecular formula is C8H12O6. The minimum Gasteiger partial charge on any atom is -0.296 e. The van der Waals surface area contributed by atoms with Crippen molar-refractivity contribution in [2.75, 3.05) is 6.61 Å². The van der Waals surface area contributed by atoms with E-state index in [-0.39, 0.29) is 0 Å². The number of unbranched alkanes of at least 4 members (excludes halogenated alkanes) is 1. The summed E-state index contributed by atoms with van der Waals surface area (Å²) in [6.45, 7) is 2.27. The number of carbonyl (C=O) groups is 2. The first-order chi connectivity index (χ1) is 6.70. The van der Waals surface area contributed by atoms with Gasteiger partial charge in [-0.25, -0.2) is 9.59 Å². The predicted molar refractivity (Wildman–Crippen MR) is 44.8 cm³/mol. The molecule has 0 saturated heterocycles. The van der Waals surface area contributed by atoms with E-state index in [0.29, 0.717) is 12.7 Å². The molecule has 0 amide bonds. The molecule has 0 spiro atoms. The van der Waals surface area contributed by atoms with Crippen molar-refractivity contribution >= 4 is 11.9 Å². The average Bonchev–Trinajstić information content (AvgIpc) is 2.21. The highest BCUT2D eigenvalue weighted by Crippen LogP contribution is 1.90. The fourth-order valence-corrected chi connectivity index (χ4v) is 0.497. The fourth-order valence-electron chi connectivity index (χ4n) is 0.497. The first kappa shape index (κ1) is 12.6. The number of carbonyl (C=O) groups excluding carboxylic acids is 2. The maximum atomic E-state index is 10.7. The van der Waals surface area contributed by atoms with Gasteiger partial charge in [0.2, 0.25) is 0 Å². The Morgan fingerprint density at radius 3 is 2.50 bits per heavy atom. The van der Waals surface area contributed by atoms with Crippen molar-refractivity contribution in [3.63, 3.8) is 0 Å². The van der Waals surface area contributed by atoms with Gasteiger partial charge in [0.1, 0.15) is 0 Å². The lowest BCUT2D eigenvalue weighted by atomic mass is 10.4. The fraction of sp³-hybridized carbons (Fsp3) is 0.500. The van der Waals surface area contributed by atoms with Crippen LogP contribution in [-0.4, -0.2) is 23.8 Å². The maximum absolute atomic E-state index is 10.7. The maximum Gasteiger partial charge on any atom is 0.366 e. The van der Waals surface area contributed by atoms with Crippen molar-refractivity contribution < 1.29 is 29.5 Å². The van der Waals surface area contributed by atoms with Crippen LogP contribution in [0, 0.1) is 0 Å². The monoisotopic (exact) mass is 204 g/mol. The Morgan fingerprint density at radius 1 is 1.29 bits per heavy atom. The van der Waals surface area contributed by atoms with Crippen LogP contribution in [-0.2, 0) is 24.3 Å². The lowest BCUT2D eigenvalue weighted by Gasteiger charge is -1.98. The molecule has 0 fully saturated rings. The van der Waals surface area contributed by atoms with Crippen LogP contribution < -0.4 is 0 Å². The van der Waals surface area contributed by atoms with Crippen molar-refractivity contribution in [2.24, 2.45) is 0 Å². The molecule has 0 aromatic carbocycles. The summed E-state index contributed by atoms with van der Waals surface area (Å²) in [7, 11) is 0. The van der Waals surface area contributed by atoms with Crippen LogP contribution in [0.25, 0.3) is 0 Å². The van der Waals surface area contributed by atoms with Gasteiger partial charge in [0.05, 0.1) is 6.61 Å². The highest BCUT2D eigenvalue weighted by Gasteiger charge is 2.00. The molecule has 0 radical (unpaired) electrons. The summed E-state index contributed by atoms with van der Waals surface area (Å²) in [5.74, 6) is -1.90.